The number of anilines is 5. The maximum absolute atomic E-state index is 13.7. The molecule has 186 valence electrons. The second-order valence-corrected chi connectivity index (χ2v) is 9.89. The van der Waals surface area contributed by atoms with Crippen LogP contribution < -0.4 is 9.80 Å². The fraction of sp³-hybridized carbons (Fsp3) is 0.0278. The molecule has 6 aromatic rings. The third kappa shape index (κ3) is 3.87. The Balaban J connectivity index is 1.30. The zero-order valence-electron chi connectivity index (χ0n) is 21.6. The van der Waals surface area contributed by atoms with E-state index in [4.69, 9.17) is 0 Å². The first-order valence-corrected chi connectivity index (χ1v) is 13.2. The maximum atomic E-state index is 13.7. The predicted molar refractivity (Wildman–Crippen MR) is 162 cm³/mol. The molecule has 3 heteroatoms. The van der Waals surface area contributed by atoms with E-state index in [9.17, 15) is 4.79 Å². The molecule has 0 bridgehead atoms. The lowest BCUT2D eigenvalue weighted by atomic mass is 9.95. The maximum Gasteiger partial charge on any atom is 0.263 e. The zero-order chi connectivity index (χ0) is 26.3. The van der Waals surface area contributed by atoms with Crippen LogP contribution >= 0.6 is 0 Å². The van der Waals surface area contributed by atoms with Crippen molar-refractivity contribution < 1.29 is 4.79 Å². The minimum absolute atomic E-state index is 0.00683. The molecule has 6 aromatic carbocycles. The number of hydrogen-bond acceptors (Lipinski definition) is 2. The third-order valence-corrected chi connectivity index (χ3v) is 7.45. The van der Waals surface area contributed by atoms with Crippen LogP contribution in [0.5, 0.6) is 0 Å². The lowest BCUT2D eigenvalue weighted by molar-refractivity contribution is 0.100. The fourth-order valence-electron chi connectivity index (χ4n) is 5.58. The van der Waals surface area contributed by atoms with E-state index in [-0.39, 0.29) is 5.91 Å². The Morgan fingerprint density at radius 1 is 0.538 bits per heavy atom. The standard InChI is InChI=1S/C36H26N2O/c1-25-15-17-26(18-16-25)31-23-24-34-35-32(31)13-8-14-33(35)36(39)38(34)30-21-19-29(20-22-30)37(27-9-4-2-5-10-27)28-11-6-3-7-12-28/h2-24H,1H3. The molecule has 0 radical (unpaired) electrons. The number of carbonyl (C=O) groups excluding carboxylic acids is 1. The normalized spacial score (nSPS) is 12.2. The van der Waals surface area contributed by atoms with Gasteiger partial charge in [0.05, 0.1) is 11.3 Å². The van der Waals surface area contributed by atoms with E-state index < -0.39 is 0 Å². The molecule has 3 nitrogen and oxygen atoms in total. The van der Waals surface area contributed by atoms with Gasteiger partial charge in [0.25, 0.3) is 5.91 Å². The summed E-state index contributed by atoms with van der Waals surface area (Å²) in [5.41, 5.74) is 9.23. The highest BCUT2D eigenvalue weighted by molar-refractivity contribution is 6.29. The molecule has 1 heterocycles. The average molecular weight is 503 g/mol. The Kier molecular flexibility index (Phi) is 5.49. The number of carbonyl (C=O) groups is 1. The summed E-state index contributed by atoms with van der Waals surface area (Å²) < 4.78 is 0. The monoisotopic (exact) mass is 502 g/mol. The molecule has 0 aromatic heterocycles. The van der Waals surface area contributed by atoms with Gasteiger partial charge in [-0.2, -0.15) is 0 Å². The van der Waals surface area contributed by atoms with E-state index >= 15 is 0 Å². The van der Waals surface area contributed by atoms with Crippen LogP contribution in [0.15, 0.2) is 140 Å². The van der Waals surface area contributed by atoms with Crippen molar-refractivity contribution in [1.29, 1.82) is 0 Å². The average Bonchev–Trinajstić information content (AvgIpc) is 3.28. The molecule has 1 amide bonds. The van der Waals surface area contributed by atoms with Crippen molar-refractivity contribution in [2.24, 2.45) is 0 Å². The van der Waals surface area contributed by atoms with Gasteiger partial charge in [-0.25, -0.2) is 0 Å². The Bertz CT molecular complexity index is 1770. The molecule has 0 atom stereocenters. The quantitative estimate of drug-likeness (QED) is 0.234. The summed E-state index contributed by atoms with van der Waals surface area (Å²) >= 11 is 0. The molecule has 7 rings (SSSR count). The largest absolute Gasteiger partial charge is 0.311 e. The summed E-state index contributed by atoms with van der Waals surface area (Å²) in [6.07, 6.45) is 0. The third-order valence-electron chi connectivity index (χ3n) is 7.45. The van der Waals surface area contributed by atoms with Gasteiger partial charge in [0.2, 0.25) is 0 Å². The Morgan fingerprint density at radius 3 is 1.79 bits per heavy atom. The van der Waals surface area contributed by atoms with Gasteiger partial charge in [0.1, 0.15) is 0 Å². The van der Waals surface area contributed by atoms with Crippen molar-refractivity contribution in [3.63, 3.8) is 0 Å². The van der Waals surface area contributed by atoms with Crippen molar-refractivity contribution in [2.75, 3.05) is 9.80 Å². The Morgan fingerprint density at radius 2 is 1.15 bits per heavy atom. The van der Waals surface area contributed by atoms with Crippen LogP contribution in [0, 0.1) is 6.92 Å². The van der Waals surface area contributed by atoms with Crippen LogP contribution in [-0.4, -0.2) is 5.91 Å². The molecule has 0 unspecified atom stereocenters. The first-order chi connectivity index (χ1) is 19.2. The molecule has 0 saturated heterocycles. The zero-order valence-corrected chi connectivity index (χ0v) is 21.6. The van der Waals surface area contributed by atoms with Crippen LogP contribution in [-0.2, 0) is 0 Å². The number of nitrogens with zero attached hydrogens (tertiary/aromatic N) is 2. The number of hydrogen-bond donors (Lipinski definition) is 0. The van der Waals surface area contributed by atoms with Crippen LogP contribution in [0.4, 0.5) is 28.4 Å². The van der Waals surface area contributed by atoms with Gasteiger partial charge in [0, 0.05) is 28.1 Å². The van der Waals surface area contributed by atoms with Crippen molar-refractivity contribution in [3.8, 4) is 11.1 Å². The second kappa shape index (κ2) is 9.30. The van der Waals surface area contributed by atoms with E-state index in [0.717, 1.165) is 55.9 Å². The van der Waals surface area contributed by atoms with Gasteiger partial charge in [-0.1, -0.05) is 84.4 Å². The number of rotatable bonds is 5. The highest BCUT2D eigenvalue weighted by Crippen LogP contribution is 2.45. The van der Waals surface area contributed by atoms with E-state index in [1.807, 2.05) is 65.6 Å². The van der Waals surface area contributed by atoms with E-state index in [1.54, 1.807) is 0 Å². The van der Waals surface area contributed by atoms with Gasteiger partial charge < -0.3 is 4.90 Å². The molecule has 1 aliphatic heterocycles. The smallest absolute Gasteiger partial charge is 0.263 e. The Labute approximate surface area is 228 Å². The van der Waals surface area contributed by atoms with E-state index in [1.165, 1.54) is 5.56 Å². The van der Waals surface area contributed by atoms with E-state index in [2.05, 4.69) is 90.7 Å². The molecule has 0 N–H and O–H groups in total. The van der Waals surface area contributed by atoms with Crippen molar-refractivity contribution in [2.45, 2.75) is 6.92 Å². The van der Waals surface area contributed by atoms with Crippen LogP contribution in [0.25, 0.3) is 21.9 Å². The molecular formula is C36H26N2O. The minimum atomic E-state index is 0.00683. The summed E-state index contributed by atoms with van der Waals surface area (Å²) in [5.74, 6) is 0.00683. The summed E-state index contributed by atoms with van der Waals surface area (Å²) in [6.45, 7) is 2.10. The Hall–Kier alpha value is -5.15. The fourth-order valence-corrected chi connectivity index (χ4v) is 5.58. The summed E-state index contributed by atoms with van der Waals surface area (Å²) in [5, 5.41) is 2.11. The lowest BCUT2D eigenvalue weighted by Gasteiger charge is -2.26. The van der Waals surface area contributed by atoms with Gasteiger partial charge in [-0.15, -0.1) is 0 Å². The number of benzene rings is 6. The molecular weight excluding hydrogens is 476 g/mol. The first-order valence-electron chi connectivity index (χ1n) is 13.2. The number of amides is 1. The predicted octanol–water partition coefficient (Wildman–Crippen LogP) is 9.58. The van der Waals surface area contributed by atoms with Gasteiger partial charge >= 0.3 is 0 Å². The molecule has 39 heavy (non-hydrogen) atoms. The van der Waals surface area contributed by atoms with E-state index in [0.29, 0.717) is 0 Å². The highest BCUT2D eigenvalue weighted by Gasteiger charge is 2.32. The number of aryl methyl sites for hydroxylation is 1. The molecule has 0 aliphatic carbocycles. The van der Waals surface area contributed by atoms with Gasteiger partial charge in [0.15, 0.2) is 0 Å². The molecule has 0 saturated carbocycles. The van der Waals surface area contributed by atoms with Gasteiger partial charge in [-0.05, 0) is 84.1 Å². The van der Waals surface area contributed by atoms with Crippen molar-refractivity contribution >= 4 is 45.1 Å². The van der Waals surface area contributed by atoms with Crippen LogP contribution in [0.3, 0.4) is 0 Å². The SMILES string of the molecule is Cc1ccc(-c2ccc3c4c(cccc24)C(=O)N3c2ccc(N(c3ccccc3)c3ccccc3)cc2)cc1. The van der Waals surface area contributed by atoms with Gasteiger partial charge in [-0.3, -0.25) is 9.69 Å². The molecule has 0 spiro atoms. The molecule has 1 aliphatic rings. The second-order valence-electron chi connectivity index (χ2n) is 9.89. The van der Waals surface area contributed by atoms with Crippen LogP contribution in [0.1, 0.15) is 15.9 Å². The lowest BCUT2D eigenvalue weighted by Crippen LogP contribution is -2.20. The van der Waals surface area contributed by atoms with Crippen molar-refractivity contribution in [1.82, 2.24) is 0 Å². The summed E-state index contributed by atoms with van der Waals surface area (Å²) in [7, 11) is 0. The summed E-state index contributed by atoms with van der Waals surface area (Å²) in [6, 6.07) is 47.7. The highest BCUT2D eigenvalue weighted by atomic mass is 16.2. The van der Waals surface area contributed by atoms with Crippen LogP contribution in [0.2, 0.25) is 0 Å². The van der Waals surface area contributed by atoms with Crippen molar-refractivity contribution in [3.05, 3.63) is 151 Å². The minimum Gasteiger partial charge on any atom is -0.311 e. The molecule has 0 fully saturated rings. The number of para-hydroxylation sites is 2. The first kappa shape index (κ1) is 23.0. The summed E-state index contributed by atoms with van der Waals surface area (Å²) in [4.78, 5) is 17.8. The topological polar surface area (TPSA) is 23.6 Å².